The second-order valence-electron chi connectivity index (χ2n) is 11.4. The van der Waals surface area contributed by atoms with Crippen molar-refractivity contribution in [2.45, 2.75) is 70.9 Å². The van der Waals surface area contributed by atoms with E-state index >= 15 is 0 Å². The summed E-state index contributed by atoms with van der Waals surface area (Å²) >= 11 is 0. The number of amides is 1. The number of hydrogen-bond acceptors (Lipinski definition) is 6. The lowest BCUT2D eigenvalue weighted by atomic mass is 10.0. The second-order valence-corrected chi connectivity index (χ2v) is 18.8. The zero-order valence-corrected chi connectivity index (χ0v) is 26.1. The van der Waals surface area contributed by atoms with E-state index in [0.29, 0.717) is 16.5 Å². The number of aliphatic hydroxyl groups excluding tert-OH is 1. The fraction of sp³-hybridized carbons (Fsp3) is 0.448. The molecule has 1 unspecified atom stereocenters. The van der Waals surface area contributed by atoms with Crippen molar-refractivity contribution >= 4 is 40.8 Å². The van der Waals surface area contributed by atoms with E-state index in [1.54, 1.807) is 30.5 Å². The Morgan fingerprint density at radius 1 is 1.07 bits per heavy atom. The highest BCUT2D eigenvalue weighted by Crippen LogP contribution is 2.52. The number of hydrogen-bond donors (Lipinski definition) is 1. The maximum atomic E-state index is 14.2. The third kappa shape index (κ3) is 4.88. The summed E-state index contributed by atoms with van der Waals surface area (Å²) in [7, 11) is -5.02. The van der Waals surface area contributed by atoms with Crippen LogP contribution in [0.1, 0.15) is 69.3 Å². The van der Waals surface area contributed by atoms with E-state index in [1.807, 2.05) is 0 Å². The van der Waals surface area contributed by atoms with Crippen molar-refractivity contribution in [3.8, 4) is 5.75 Å². The molecule has 1 aliphatic heterocycles. The van der Waals surface area contributed by atoms with Gasteiger partial charge in [0.05, 0.1) is 17.5 Å². The second kappa shape index (κ2) is 10.8. The van der Waals surface area contributed by atoms with Crippen LogP contribution >= 0.6 is 0 Å². The lowest BCUT2D eigenvalue weighted by Crippen LogP contribution is -2.51. The molecule has 40 heavy (non-hydrogen) atoms. The lowest BCUT2D eigenvalue weighted by Gasteiger charge is -2.42. The van der Waals surface area contributed by atoms with Crippen molar-refractivity contribution in [2.24, 2.45) is 0 Å². The molecule has 1 aliphatic rings. The zero-order valence-electron chi connectivity index (χ0n) is 24.3. The van der Waals surface area contributed by atoms with Gasteiger partial charge < -0.3 is 14.4 Å². The van der Waals surface area contributed by atoms with E-state index in [9.17, 15) is 22.7 Å². The van der Waals surface area contributed by atoms with E-state index in [4.69, 9.17) is 4.43 Å². The van der Waals surface area contributed by atoms with Gasteiger partial charge in [0.1, 0.15) is 17.1 Å². The molecule has 3 aromatic rings. The minimum Gasteiger partial charge on any atom is -0.541 e. The fourth-order valence-corrected chi connectivity index (χ4v) is 12.0. The van der Waals surface area contributed by atoms with Gasteiger partial charge in [-0.25, -0.2) is 12.8 Å². The Hall–Kier alpha value is -3.02. The summed E-state index contributed by atoms with van der Waals surface area (Å²) in [6, 6.07) is 9.10. The summed E-state index contributed by atoms with van der Waals surface area (Å²) in [6.45, 7) is 12.8. The molecule has 0 aliphatic carbocycles. The highest BCUT2D eigenvalue weighted by Gasteiger charge is 2.50. The zero-order chi connectivity index (χ0) is 29.7. The molecule has 0 saturated carbocycles. The van der Waals surface area contributed by atoms with Crippen LogP contribution in [0, 0.1) is 5.82 Å². The number of benzene rings is 2. The maximum absolute atomic E-state index is 14.2. The van der Waals surface area contributed by atoms with Crippen molar-refractivity contribution in [1.82, 2.24) is 9.88 Å². The van der Waals surface area contributed by atoms with E-state index in [0.717, 1.165) is 10.6 Å². The Morgan fingerprint density at radius 3 is 2.17 bits per heavy atom. The SMILES string of the molecule is CC(C)[Si](Oc1c2c(c(N(C)S(C)(=O)=O)c3cccnc13)C(O)N(Cc1ccc(F)cc1)C2=O)(C(C)C)C(C)C. The molecule has 0 radical (unpaired) electrons. The molecule has 4 rings (SSSR count). The van der Waals surface area contributed by atoms with Gasteiger partial charge in [-0.15, -0.1) is 0 Å². The standard InChI is InChI=1S/C29H38FN3O5SSi/c1-17(2)40(18(3)4,19(5)6)38-27-24-23(26(32(7)39(8,36)37)22-10-9-15-31-25(22)27)28(34)33(29(24)35)16-20-11-13-21(30)14-12-20/h9-15,17-19,28,34H,16H2,1-8H3. The largest absolute Gasteiger partial charge is 0.541 e. The smallest absolute Gasteiger partial charge is 0.260 e. The summed E-state index contributed by atoms with van der Waals surface area (Å²) < 4.78 is 47.4. The Kier molecular flexibility index (Phi) is 8.05. The molecule has 0 spiro atoms. The molecule has 8 nitrogen and oxygen atoms in total. The monoisotopic (exact) mass is 587 g/mol. The fourth-order valence-electron chi connectivity index (χ4n) is 6.24. The number of carbonyl (C=O) groups is 1. The minimum atomic E-state index is -3.79. The average molecular weight is 588 g/mol. The first-order valence-electron chi connectivity index (χ1n) is 13.4. The summed E-state index contributed by atoms with van der Waals surface area (Å²) in [4.78, 5) is 20.1. The number of anilines is 1. The number of aliphatic hydroxyl groups is 1. The number of sulfonamides is 1. The normalized spacial score (nSPS) is 16.0. The highest BCUT2D eigenvalue weighted by molar-refractivity contribution is 7.92. The molecule has 2 aromatic carbocycles. The van der Waals surface area contributed by atoms with Gasteiger partial charge in [-0.3, -0.25) is 14.1 Å². The third-order valence-electron chi connectivity index (χ3n) is 8.12. The molecule has 1 amide bonds. The molecule has 0 fully saturated rings. The molecule has 216 valence electrons. The minimum absolute atomic E-state index is 0.0126. The van der Waals surface area contributed by atoms with Crippen LogP contribution in [0.15, 0.2) is 42.6 Å². The average Bonchev–Trinajstić information content (AvgIpc) is 3.11. The van der Waals surface area contributed by atoms with Crippen LogP contribution in [-0.4, -0.2) is 50.9 Å². The van der Waals surface area contributed by atoms with Gasteiger partial charge in [0, 0.05) is 30.7 Å². The van der Waals surface area contributed by atoms with Crippen molar-refractivity contribution in [3.05, 3.63) is 65.1 Å². The quantitative estimate of drug-likeness (QED) is 0.310. The highest BCUT2D eigenvalue weighted by atomic mass is 32.2. The Bertz CT molecular complexity index is 1520. The number of fused-ring (bicyclic) bond motifs is 2. The predicted octanol–water partition coefficient (Wildman–Crippen LogP) is 5.97. The van der Waals surface area contributed by atoms with Gasteiger partial charge in [-0.1, -0.05) is 53.7 Å². The van der Waals surface area contributed by atoms with E-state index < -0.39 is 36.3 Å². The Morgan fingerprint density at radius 2 is 1.65 bits per heavy atom. The summed E-state index contributed by atoms with van der Waals surface area (Å²) in [5, 5.41) is 12.1. The summed E-state index contributed by atoms with van der Waals surface area (Å²) in [5.41, 5.74) is 1.97. The number of aromatic nitrogens is 1. The van der Waals surface area contributed by atoms with E-state index in [1.165, 1.54) is 24.1 Å². The van der Waals surface area contributed by atoms with Crippen LogP contribution in [0.5, 0.6) is 5.75 Å². The maximum Gasteiger partial charge on any atom is 0.260 e. The van der Waals surface area contributed by atoms with E-state index in [2.05, 4.69) is 46.5 Å². The third-order valence-corrected chi connectivity index (χ3v) is 15.3. The van der Waals surface area contributed by atoms with Gasteiger partial charge in [-0.2, -0.15) is 0 Å². The van der Waals surface area contributed by atoms with Gasteiger partial charge in [-0.05, 0) is 46.5 Å². The Labute approximate surface area is 237 Å². The molecule has 0 bridgehead atoms. The molecular formula is C29H38FN3O5SSi. The van der Waals surface area contributed by atoms with Crippen molar-refractivity contribution in [2.75, 3.05) is 17.6 Å². The van der Waals surface area contributed by atoms with Gasteiger partial charge in [0.2, 0.25) is 10.0 Å². The van der Waals surface area contributed by atoms with Crippen LogP contribution in [0.2, 0.25) is 16.6 Å². The molecule has 1 N–H and O–H groups in total. The van der Waals surface area contributed by atoms with Crippen molar-refractivity contribution in [3.63, 3.8) is 0 Å². The number of halogens is 1. The van der Waals surface area contributed by atoms with Gasteiger partial charge >= 0.3 is 0 Å². The topological polar surface area (TPSA) is 100 Å². The van der Waals surface area contributed by atoms with E-state index in [-0.39, 0.29) is 45.7 Å². The van der Waals surface area contributed by atoms with Gasteiger partial charge in [0.25, 0.3) is 14.2 Å². The first-order chi connectivity index (χ1) is 18.6. The molecular weight excluding hydrogens is 549 g/mol. The molecule has 11 heteroatoms. The molecule has 1 atom stereocenters. The number of rotatable bonds is 9. The number of carbonyl (C=O) groups excluding carboxylic acids is 1. The summed E-state index contributed by atoms with van der Waals surface area (Å²) in [6.07, 6.45) is 1.19. The van der Waals surface area contributed by atoms with Gasteiger partial charge in [0.15, 0.2) is 6.23 Å². The summed E-state index contributed by atoms with van der Waals surface area (Å²) in [5.74, 6) is -0.635. The number of pyridine rings is 1. The lowest BCUT2D eigenvalue weighted by molar-refractivity contribution is 0.0140. The van der Waals surface area contributed by atoms with Crippen LogP contribution in [0.25, 0.3) is 10.9 Å². The van der Waals surface area contributed by atoms with Crippen LogP contribution in [0.4, 0.5) is 10.1 Å². The van der Waals surface area contributed by atoms with Crippen molar-refractivity contribution in [1.29, 1.82) is 0 Å². The van der Waals surface area contributed by atoms with Crippen LogP contribution < -0.4 is 8.73 Å². The first kappa shape index (κ1) is 29.9. The molecule has 2 heterocycles. The first-order valence-corrected chi connectivity index (χ1v) is 17.4. The Balaban J connectivity index is 2.07. The number of nitrogens with zero attached hydrogens (tertiary/aromatic N) is 3. The predicted molar refractivity (Wildman–Crippen MR) is 158 cm³/mol. The van der Waals surface area contributed by atoms with Crippen LogP contribution in [-0.2, 0) is 16.6 Å². The molecule has 0 saturated heterocycles. The van der Waals surface area contributed by atoms with Crippen molar-refractivity contribution < 1.29 is 27.1 Å². The van der Waals surface area contributed by atoms with Crippen LogP contribution in [0.3, 0.4) is 0 Å². The molecule has 1 aromatic heterocycles.